The highest BCUT2D eigenvalue weighted by molar-refractivity contribution is 5.94. The Balaban J connectivity index is 2.76. The molecule has 3 N–H and O–H groups in total. The maximum atomic E-state index is 10.9. The van der Waals surface area contributed by atoms with Gasteiger partial charge in [-0.25, -0.2) is 4.79 Å². The minimum Gasteiger partial charge on any atom is -0.478 e. The summed E-state index contributed by atoms with van der Waals surface area (Å²) >= 11 is 0. The normalized spacial score (nSPS) is 14.2. The van der Waals surface area contributed by atoms with E-state index in [9.17, 15) is 9.90 Å². The molecule has 0 radical (unpaired) electrons. The fourth-order valence-electron chi connectivity index (χ4n) is 1.63. The highest BCUT2D eigenvalue weighted by atomic mass is 16.4. The molecule has 0 spiro atoms. The maximum Gasteiger partial charge on any atom is 0.337 e. The summed E-state index contributed by atoms with van der Waals surface area (Å²) in [4.78, 5) is 10.9. The zero-order valence-corrected chi connectivity index (χ0v) is 9.47. The van der Waals surface area contributed by atoms with E-state index >= 15 is 0 Å². The SMILES string of the molecule is CC(O)CC(C)Nc1ccccc1C(=O)O. The van der Waals surface area contributed by atoms with E-state index in [2.05, 4.69) is 5.32 Å². The number of anilines is 1. The van der Waals surface area contributed by atoms with Crippen LogP contribution in [0.2, 0.25) is 0 Å². The first kappa shape index (κ1) is 12.5. The molecule has 2 atom stereocenters. The van der Waals surface area contributed by atoms with Gasteiger partial charge in [0.15, 0.2) is 0 Å². The van der Waals surface area contributed by atoms with Crippen LogP contribution in [0.5, 0.6) is 0 Å². The van der Waals surface area contributed by atoms with Crippen molar-refractivity contribution in [3.63, 3.8) is 0 Å². The summed E-state index contributed by atoms with van der Waals surface area (Å²) in [6, 6.07) is 6.78. The van der Waals surface area contributed by atoms with E-state index in [-0.39, 0.29) is 11.6 Å². The van der Waals surface area contributed by atoms with Crippen LogP contribution in [-0.2, 0) is 0 Å². The summed E-state index contributed by atoms with van der Waals surface area (Å²) in [6.07, 6.45) is 0.174. The Morgan fingerprint density at radius 3 is 2.56 bits per heavy atom. The molecular weight excluding hydrogens is 206 g/mol. The number of rotatable bonds is 5. The van der Waals surface area contributed by atoms with Crippen molar-refractivity contribution < 1.29 is 15.0 Å². The number of carbonyl (C=O) groups is 1. The Morgan fingerprint density at radius 2 is 2.00 bits per heavy atom. The number of aliphatic hydroxyl groups is 1. The molecule has 4 heteroatoms. The van der Waals surface area contributed by atoms with Gasteiger partial charge in [-0.3, -0.25) is 0 Å². The van der Waals surface area contributed by atoms with Gasteiger partial charge in [0.25, 0.3) is 0 Å². The zero-order valence-electron chi connectivity index (χ0n) is 9.47. The van der Waals surface area contributed by atoms with Crippen molar-refractivity contribution in [1.29, 1.82) is 0 Å². The van der Waals surface area contributed by atoms with Gasteiger partial charge in [0.05, 0.1) is 11.7 Å². The van der Waals surface area contributed by atoms with Gasteiger partial charge >= 0.3 is 5.97 Å². The molecule has 0 saturated heterocycles. The van der Waals surface area contributed by atoms with E-state index in [0.717, 1.165) is 0 Å². The van der Waals surface area contributed by atoms with Crippen molar-refractivity contribution in [2.45, 2.75) is 32.4 Å². The van der Waals surface area contributed by atoms with Crippen LogP contribution in [0.15, 0.2) is 24.3 Å². The first-order chi connectivity index (χ1) is 7.50. The molecule has 0 aromatic heterocycles. The van der Waals surface area contributed by atoms with Crippen molar-refractivity contribution in [3.05, 3.63) is 29.8 Å². The Morgan fingerprint density at radius 1 is 1.38 bits per heavy atom. The molecule has 0 aliphatic rings. The average molecular weight is 223 g/mol. The molecule has 2 unspecified atom stereocenters. The third-order valence-electron chi connectivity index (χ3n) is 2.25. The van der Waals surface area contributed by atoms with E-state index in [1.54, 1.807) is 31.2 Å². The number of aliphatic hydroxyl groups excluding tert-OH is 1. The lowest BCUT2D eigenvalue weighted by Crippen LogP contribution is -2.21. The molecule has 0 bridgehead atoms. The standard InChI is InChI=1S/C12H17NO3/c1-8(7-9(2)14)13-11-6-4-3-5-10(11)12(15)16/h3-6,8-9,13-14H,7H2,1-2H3,(H,15,16). The molecule has 4 nitrogen and oxygen atoms in total. The summed E-state index contributed by atoms with van der Waals surface area (Å²) in [6.45, 7) is 3.62. The molecule has 88 valence electrons. The Bertz CT molecular complexity index is 363. The van der Waals surface area contributed by atoms with Crippen molar-refractivity contribution >= 4 is 11.7 Å². The number of para-hydroxylation sites is 1. The van der Waals surface area contributed by atoms with E-state index in [1.165, 1.54) is 0 Å². The average Bonchev–Trinajstić information content (AvgIpc) is 2.16. The summed E-state index contributed by atoms with van der Waals surface area (Å²) < 4.78 is 0. The number of carboxylic acid groups (broad SMARTS) is 1. The molecule has 0 aliphatic carbocycles. The molecule has 1 aromatic rings. The van der Waals surface area contributed by atoms with Crippen LogP contribution >= 0.6 is 0 Å². The summed E-state index contributed by atoms with van der Waals surface area (Å²) in [5, 5.41) is 21.3. The van der Waals surface area contributed by atoms with E-state index in [4.69, 9.17) is 5.11 Å². The summed E-state index contributed by atoms with van der Waals surface area (Å²) in [5.74, 6) is -0.952. The lowest BCUT2D eigenvalue weighted by Gasteiger charge is -2.17. The fraction of sp³-hybridized carbons (Fsp3) is 0.417. The lowest BCUT2D eigenvalue weighted by atomic mass is 10.1. The largest absolute Gasteiger partial charge is 0.478 e. The Labute approximate surface area is 94.9 Å². The van der Waals surface area contributed by atoms with Gasteiger partial charge in [-0.05, 0) is 32.4 Å². The van der Waals surface area contributed by atoms with Crippen LogP contribution < -0.4 is 5.32 Å². The van der Waals surface area contributed by atoms with Gasteiger partial charge in [0.1, 0.15) is 0 Å². The number of hydrogen-bond acceptors (Lipinski definition) is 3. The molecule has 0 heterocycles. The minimum absolute atomic E-state index is 0.0282. The van der Waals surface area contributed by atoms with Crippen LogP contribution in [0.25, 0.3) is 0 Å². The number of hydrogen-bond donors (Lipinski definition) is 3. The zero-order chi connectivity index (χ0) is 12.1. The van der Waals surface area contributed by atoms with Gasteiger partial charge in [0, 0.05) is 11.7 Å². The highest BCUT2D eigenvalue weighted by Crippen LogP contribution is 2.17. The quantitative estimate of drug-likeness (QED) is 0.713. The molecule has 16 heavy (non-hydrogen) atoms. The van der Waals surface area contributed by atoms with Crippen molar-refractivity contribution in [2.75, 3.05) is 5.32 Å². The number of carboxylic acids is 1. The second-order valence-corrected chi connectivity index (χ2v) is 3.98. The molecule has 0 aliphatic heterocycles. The van der Waals surface area contributed by atoms with Crippen LogP contribution in [0.4, 0.5) is 5.69 Å². The number of benzene rings is 1. The van der Waals surface area contributed by atoms with Gasteiger partial charge in [-0.2, -0.15) is 0 Å². The van der Waals surface area contributed by atoms with Crippen LogP contribution in [0, 0.1) is 0 Å². The summed E-state index contributed by atoms with van der Waals surface area (Å²) in [5.41, 5.74) is 0.836. The van der Waals surface area contributed by atoms with Gasteiger partial charge in [-0.15, -0.1) is 0 Å². The molecule has 0 amide bonds. The monoisotopic (exact) mass is 223 g/mol. The first-order valence-corrected chi connectivity index (χ1v) is 5.27. The maximum absolute atomic E-state index is 10.9. The number of nitrogens with one attached hydrogen (secondary N) is 1. The third-order valence-corrected chi connectivity index (χ3v) is 2.25. The van der Waals surface area contributed by atoms with Crippen molar-refractivity contribution in [2.24, 2.45) is 0 Å². The second-order valence-electron chi connectivity index (χ2n) is 3.98. The molecule has 1 aromatic carbocycles. The number of aromatic carboxylic acids is 1. The predicted octanol–water partition coefficient (Wildman–Crippen LogP) is 1.96. The van der Waals surface area contributed by atoms with Crippen LogP contribution in [0.3, 0.4) is 0 Å². The van der Waals surface area contributed by atoms with Crippen LogP contribution in [0.1, 0.15) is 30.6 Å². The molecule has 0 saturated carbocycles. The molecule has 1 rings (SSSR count). The highest BCUT2D eigenvalue weighted by Gasteiger charge is 2.12. The second kappa shape index (κ2) is 5.51. The van der Waals surface area contributed by atoms with Crippen molar-refractivity contribution in [3.8, 4) is 0 Å². The third kappa shape index (κ3) is 3.55. The topological polar surface area (TPSA) is 69.6 Å². The van der Waals surface area contributed by atoms with Crippen LogP contribution in [-0.4, -0.2) is 28.3 Å². The van der Waals surface area contributed by atoms with Gasteiger partial charge in [0.2, 0.25) is 0 Å². The molecular formula is C12H17NO3. The van der Waals surface area contributed by atoms with E-state index in [0.29, 0.717) is 12.1 Å². The summed E-state index contributed by atoms with van der Waals surface area (Å²) in [7, 11) is 0. The van der Waals surface area contributed by atoms with Gasteiger partial charge < -0.3 is 15.5 Å². The Kier molecular flexibility index (Phi) is 4.31. The lowest BCUT2D eigenvalue weighted by molar-refractivity contribution is 0.0698. The predicted molar refractivity (Wildman–Crippen MR) is 62.8 cm³/mol. The van der Waals surface area contributed by atoms with E-state index < -0.39 is 12.1 Å². The first-order valence-electron chi connectivity index (χ1n) is 5.27. The fourth-order valence-corrected chi connectivity index (χ4v) is 1.63. The molecule has 0 fully saturated rings. The minimum atomic E-state index is -0.952. The smallest absolute Gasteiger partial charge is 0.337 e. The van der Waals surface area contributed by atoms with Crippen molar-refractivity contribution in [1.82, 2.24) is 0 Å². The van der Waals surface area contributed by atoms with E-state index in [1.807, 2.05) is 6.92 Å². The van der Waals surface area contributed by atoms with Gasteiger partial charge in [-0.1, -0.05) is 12.1 Å². The Hall–Kier alpha value is -1.55.